The summed E-state index contributed by atoms with van der Waals surface area (Å²) in [6.45, 7) is 3.67. The van der Waals surface area contributed by atoms with Crippen molar-refractivity contribution in [3.8, 4) is 0 Å². The molecule has 1 aliphatic heterocycles. The molecule has 1 aromatic rings. The molecule has 1 amide bonds. The van der Waals surface area contributed by atoms with Crippen LogP contribution in [0.1, 0.15) is 31.2 Å². The first-order valence-electron chi connectivity index (χ1n) is 6.41. The zero-order valence-electron chi connectivity index (χ0n) is 11.0. The SMILES string of the molecule is CC(CC(=O)NC1CCNC1)c1ccccc1F.Cl. The fraction of sp³-hybridized carbons (Fsp3) is 0.500. The van der Waals surface area contributed by atoms with Crippen LogP contribution in [-0.4, -0.2) is 25.0 Å². The van der Waals surface area contributed by atoms with Gasteiger partial charge in [0, 0.05) is 19.0 Å². The van der Waals surface area contributed by atoms with Gasteiger partial charge in [0.2, 0.25) is 5.91 Å². The van der Waals surface area contributed by atoms with Gasteiger partial charge in [-0.2, -0.15) is 0 Å². The van der Waals surface area contributed by atoms with Crippen molar-refractivity contribution in [2.45, 2.75) is 31.7 Å². The minimum Gasteiger partial charge on any atom is -0.352 e. The van der Waals surface area contributed by atoms with Crippen molar-refractivity contribution in [2.75, 3.05) is 13.1 Å². The molecule has 3 nitrogen and oxygen atoms in total. The second kappa shape index (κ2) is 7.46. The Morgan fingerprint density at radius 1 is 1.53 bits per heavy atom. The Hall–Kier alpha value is -1.13. The van der Waals surface area contributed by atoms with E-state index in [1.165, 1.54) is 6.07 Å². The molecule has 2 rings (SSSR count). The Bertz CT molecular complexity index is 422. The standard InChI is InChI=1S/C14H19FN2O.ClH/c1-10(12-4-2-3-5-13(12)15)8-14(18)17-11-6-7-16-9-11;/h2-5,10-11,16H,6-9H2,1H3,(H,17,18);1H. The molecular formula is C14H20ClFN2O. The number of hydrogen-bond acceptors (Lipinski definition) is 2. The molecule has 5 heteroatoms. The van der Waals surface area contributed by atoms with Gasteiger partial charge < -0.3 is 10.6 Å². The van der Waals surface area contributed by atoms with Gasteiger partial charge in [-0.05, 0) is 30.5 Å². The van der Waals surface area contributed by atoms with Crippen LogP contribution in [0.2, 0.25) is 0 Å². The number of benzene rings is 1. The highest BCUT2D eigenvalue weighted by molar-refractivity contribution is 5.85. The summed E-state index contributed by atoms with van der Waals surface area (Å²) >= 11 is 0. The summed E-state index contributed by atoms with van der Waals surface area (Å²) in [5.74, 6) is -0.333. The molecule has 2 unspecified atom stereocenters. The van der Waals surface area contributed by atoms with Gasteiger partial charge in [0.15, 0.2) is 0 Å². The Kier molecular flexibility index (Phi) is 6.25. The van der Waals surface area contributed by atoms with Gasteiger partial charge in [0.1, 0.15) is 5.82 Å². The predicted octanol–water partition coefficient (Wildman–Crippen LogP) is 2.22. The third-order valence-corrected chi connectivity index (χ3v) is 3.35. The lowest BCUT2D eigenvalue weighted by Gasteiger charge is -2.15. The molecule has 106 valence electrons. The van der Waals surface area contributed by atoms with E-state index in [-0.39, 0.29) is 36.1 Å². The average molecular weight is 287 g/mol. The van der Waals surface area contributed by atoms with E-state index < -0.39 is 0 Å². The van der Waals surface area contributed by atoms with E-state index in [4.69, 9.17) is 0 Å². The second-order valence-electron chi connectivity index (χ2n) is 4.88. The van der Waals surface area contributed by atoms with E-state index in [9.17, 15) is 9.18 Å². The maximum Gasteiger partial charge on any atom is 0.220 e. The minimum atomic E-state index is -0.236. The second-order valence-corrected chi connectivity index (χ2v) is 4.88. The number of halogens is 2. The molecular weight excluding hydrogens is 267 g/mol. The third kappa shape index (κ3) is 4.48. The van der Waals surface area contributed by atoms with Crippen LogP contribution in [0.5, 0.6) is 0 Å². The van der Waals surface area contributed by atoms with E-state index in [0.717, 1.165) is 19.5 Å². The minimum absolute atomic E-state index is 0. The number of carbonyl (C=O) groups excluding carboxylic acids is 1. The lowest BCUT2D eigenvalue weighted by molar-refractivity contribution is -0.122. The molecule has 1 aromatic carbocycles. The Balaban J connectivity index is 0.00000180. The molecule has 1 saturated heterocycles. The molecule has 1 aliphatic rings. The summed E-state index contributed by atoms with van der Waals surface area (Å²) in [7, 11) is 0. The van der Waals surface area contributed by atoms with Crippen LogP contribution < -0.4 is 10.6 Å². The van der Waals surface area contributed by atoms with Crippen LogP contribution in [-0.2, 0) is 4.79 Å². The van der Waals surface area contributed by atoms with Gasteiger partial charge in [-0.15, -0.1) is 12.4 Å². The maximum absolute atomic E-state index is 13.6. The van der Waals surface area contributed by atoms with Crippen LogP contribution in [0.15, 0.2) is 24.3 Å². The van der Waals surface area contributed by atoms with E-state index in [1.54, 1.807) is 18.2 Å². The molecule has 0 radical (unpaired) electrons. The fourth-order valence-corrected chi connectivity index (χ4v) is 2.33. The fourth-order valence-electron chi connectivity index (χ4n) is 2.33. The number of carbonyl (C=O) groups is 1. The van der Waals surface area contributed by atoms with E-state index in [2.05, 4.69) is 10.6 Å². The van der Waals surface area contributed by atoms with E-state index >= 15 is 0 Å². The van der Waals surface area contributed by atoms with Crippen molar-refractivity contribution in [1.29, 1.82) is 0 Å². The first-order chi connectivity index (χ1) is 8.66. The first-order valence-corrected chi connectivity index (χ1v) is 6.41. The van der Waals surface area contributed by atoms with Crippen LogP contribution in [0.25, 0.3) is 0 Å². The number of nitrogens with one attached hydrogen (secondary N) is 2. The quantitative estimate of drug-likeness (QED) is 0.891. The zero-order valence-corrected chi connectivity index (χ0v) is 11.8. The first kappa shape index (κ1) is 15.9. The lowest BCUT2D eigenvalue weighted by Crippen LogP contribution is -2.36. The normalized spacial score (nSPS) is 19.6. The number of amides is 1. The summed E-state index contributed by atoms with van der Waals surface area (Å²) in [6.07, 6.45) is 1.30. The van der Waals surface area contributed by atoms with Gasteiger partial charge in [0.05, 0.1) is 0 Å². The van der Waals surface area contributed by atoms with Gasteiger partial charge >= 0.3 is 0 Å². The summed E-state index contributed by atoms with van der Waals surface area (Å²) in [5, 5.41) is 6.17. The molecule has 2 N–H and O–H groups in total. The van der Waals surface area contributed by atoms with Gasteiger partial charge in [0.25, 0.3) is 0 Å². The Morgan fingerprint density at radius 2 is 2.26 bits per heavy atom. The summed E-state index contributed by atoms with van der Waals surface area (Å²) in [6, 6.07) is 6.86. The van der Waals surface area contributed by atoms with Crippen LogP contribution in [0, 0.1) is 5.82 Å². The van der Waals surface area contributed by atoms with Crippen molar-refractivity contribution >= 4 is 18.3 Å². The number of hydrogen-bond donors (Lipinski definition) is 2. The predicted molar refractivity (Wildman–Crippen MR) is 76.1 cm³/mol. The molecule has 2 atom stereocenters. The Morgan fingerprint density at radius 3 is 2.89 bits per heavy atom. The van der Waals surface area contributed by atoms with Gasteiger partial charge in [-0.25, -0.2) is 4.39 Å². The van der Waals surface area contributed by atoms with Crippen LogP contribution in [0.3, 0.4) is 0 Å². The summed E-state index contributed by atoms with van der Waals surface area (Å²) in [5.41, 5.74) is 0.609. The maximum atomic E-state index is 13.6. The summed E-state index contributed by atoms with van der Waals surface area (Å²) < 4.78 is 13.6. The molecule has 19 heavy (non-hydrogen) atoms. The van der Waals surface area contributed by atoms with Gasteiger partial charge in [-0.3, -0.25) is 4.79 Å². The third-order valence-electron chi connectivity index (χ3n) is 3.35. The van der Waals surface area contributed by atoms with Crippen molar-refractivity contribution in [1.82, 2.24) is 10.6 Å². The molecule has 1 fully saturated rings. The topological polar surface area (TPSA) is 41.1 Å². The molecule has 0 spiro atoms. The van der Waals surface area contributed by atoms with Crippen LogP contribution >= 0.6 is 12.4 Å². The molecule has 1 heterocycles. The zero-order chi connectivity index (χ0) is 13.0. The molecule has 0 aromatic heterocycles. The van der Waals surface area contributed by atoms with Crippen molar-refractivity contribution < 1.29 is 9.18 Å². The van der Waals surface area contributed by atoms with Crippen molar-refractivity contribution in [3.05, 3.63) is 35.6 Å². The molecule has 0 aliphatic carbocycles. The highest BCUT2D eigenvalue weighted by atomic mass is 35.5. The van der Waals surface area contributed by atoms with Gasteiger partial charge in [-0.1, -0.05) is 25.1 Å². The smallest absolute Gasteiger partial charge is 0.220 e. The number of rotatable bonds is 4. The van der Waals surface area contributed by atoms with Crippen LogP contribution in [0.4, 0.5) is 4.39 Å². The van der Waals surface area contributed by atoms with E-state index in [1.807, 2.05) is 6.92 Å². The van der Waals surface area contributed by atoms with Crippen molar-refractivity contribution in [2.24, 2.45) is 0 Å². The van der Waals surface area contributed by atoms with Crippen molar-refractivity contribution in [3.63, 3.8) is 0 Å². The highest BCUT2D eigenvalue weighted by Crippen LogP contribution is 2.21. The highest BCUT2D eigenvalue weighted by Gasteiger charge is 2.19. The molecule has 0 saturated carbocycles. The Labute approximate surface area is 119 Å². The molecule has 0 bridgehead atoms. The monoisotopic (exact) mass is 286 g/mol. The summed E-state index contributed by atoms with van der Waals surface area (Å²) in [4.78, 5) is 11.8. The largest absolute Gasteiger partial charge is 0.352 e. The van der Waals surface area contributed by atoms with E-state index in [0.29, 0.717) is 12.0 Å². The lowest BCUT2D eigenvalue weighted by atomic mass is 9.97. The average Bonchev–Trinajstić information content (AvgIpc) is 2.82.